The highest BCUT2D eigenvalue weighted by molar-refractivity contribution is 7.98. The normalized spacial score (nSPS) is 13.1. The molecule has 0 amide bonds. The lowest BCUT2D eigenvalue weighted by Gasteiger charge is -2.17. The first-order chi connectivity index (χ1) is 11.1. The van der Waals surface area contributed by atoms with Gasteiger partial charge in [-0.3, -0.25) is 0 Å². The summed E-state index contributed by atoms with van der Waals surface area (Å²) in [6.07, 6.45) is 4.10. The van der Waals surface area contributed by atoms with E-state index in [0.29, 0.717) is 11.8 Å². The molecular formula is C19H25Cl2NOS. The van der Waals surface area contributed by atoms with Crippen LogP contribution in [0.15, 0.2) is 53.4 Å². The van der Waals surface area contributed by atoms with Gasteiger partial charge in [-0.05, 0) is 49.3 Å². The minimum absolute atomic E-state index is 0. The first-order valence-electron chi connectivity index (χ1n) is 7.88. The molecule has 132 valence electrons. The minimum atomic E-state index is -0.0966. The highest BCUT2D eigenvalue weighted by Gasteiger charge is 2.12. The van der Waals surface area contributed by atoms with Crippen molar-refractivity contribution in [2.75, 3.05) is 12.8 Å². The number of rotatable bonds is 8. The van der Waals surface area contributed by atoms with Crippen LogP contribution in [0, 0.1) is 0 Å². The molecule has 2 rings (SSSR count). The van der Waals surface area contributed by atoms with E-state index in [9.17, 15) is 5.11 Å². The smallest absolute Gasteiger partial charge is 0.129 e. The summed E-state index contributed by atoms with van der Waals surface area (Å²) in [4.78, 5) is 0.866. The summed E-state index contributed by atoms with van der Waals surface area (Å²) in [5.41, 5.74) is 2.41. The van der Waals surface area contributed by atoms with Crippen molar-refractivity contribution < 1.29 is 5.11 Å². The third-order valence-electron chi connectivity index (χ3n) is 3.92. The number of benzene rings is 2. The summed E-state index contributed by atoms with van der Waals surface area (Å²) in [5.74, 6) is 0.314. The number of phenolic OH excluding ortho intramolecular Hbond substituents is 1. The lowest BCUT2D eigenvalue weighted by Crippen LogP contribution is -2.29. The molecule has 2 nitrogen and oxygen atoms in total. The summed E-state index contributed by atoms with van der Waals surface area (Å²) in [6, 6.07) is 16.5. The molecule has 24 heavy (non-hydrogen) atoms. The monoisotopic (exact) mass is 385 g/mol. The Balaban J connectivity index is 0.00000288. The van der Waals surface area contributed by atoms with Gasteiger partial charge in [0.25, 0.3) is 0 Å². The Labute approximate surface area is 160 Å². The Hall–Kier alpha value is -0.870. The zero-order chi connectivity index (χ0) is 16.7. The molecule has 0 radical (unpaired) electrons. The van der Waals surface area contributed by atoms with E-state index in [2.05, 4.69) is 36.5 Å². The van der Waals surface area contributed by atoms with Crippen LogP contribution in [0.5, 0.6) is 5.75 Å². The standard InChI is InChI=1S/C19H24ClNOS.ClH/c1-14(8-9-15-6-4-3-5-7-15)21-13-17(20)16-10-11-18(22)19(12-16)23-2;/h3-7,10-12,14,17,21-22H,8-9,13H2,1-2H3;1H. The second-order valence-electron chi connectivity index (χ2n) is 5.73. The van der Waals surface area contributed by atoms with Crippen LogP contribution in [0.2, 0.25) is 0 Å². The largest absolute Gasteiger partial charge is 0.507 e. The zero-order valence-corrected chi connectivity index (χ0v) is 16.4. The molecule has 2 N–H and O–H groups in total. The average Bonchev–Trinajstić information content (AvgIpc) is 2.59. The van der Waals surface area contributed by atoms with Gasteiger partial charge in [-0.1, -0.05) is 36.4 Å². The van der Waals surface area contributed by atoms with Crippen molar-refractivity contribution in [2.24, 2.45) is 0 Å². The van der Waals surface area contributed by atoms with Crippen LogP contribution in [-0.4, -0.2) is 23.9 Å². The Kier molecular flexibility index (Phi) is 9.60. The molecule has 2 atom stereocenters. The molecule has 0 fully saturated rings. The van der Waals surface area contributed by atoms with E-state index in [0.717, 1.165) is 29.8 Å². The maximum Gasteiger partial charge on any atom is 0.129 e. The van der Waals surface area contributed by atoms with E-state index in [4.69, 9.17) is 11.6 Å². The molecule has 0 heterocycles. The molecule has 2 unspecified atom stereocenters. The first kappa shape index (κ1) is 21.2. The molecule has 0 bridgehead atoms. The van der Waals surface area contributed by atoms with Gasteiger partial charge in [0, 0.05) is 17.5 Å². The molecule has 0 spiro atoms. The van der Waals surface area contributed by atoms with Crippen molar-refractivity contribution in [2.45, 2.75) is 36.1 Å². The number of phenols is 1. The van der Waals surface area contributed by atoms with E-state index in [1.54, 1.807) is 6.07 Å². The van der Waals surface area contributed by atoms with E-state index < -0.39 is 0 Å². The number of halogens is 2. The average molecular weight is 386 g/mol. The Bertz CT molecular complexity index is 610. The number of hydrogen-bond donors (Lipinski definition) is 2. The second-order valence-corrected chi connectivity index (χ2v) is 7.11. The van der Waals surface area contributed by atoms with E-state index in [1.807, 2.05) is 24.5 Å². The summed E-state index contributed by atoms with van der Waals surface area (Å²) >= 11 is 8.02. The minimum Gasteiger partial charge on any atom is -0.507 e. The SMILES string of the molecule is CSc1cc(C(Cl)CNC(C)CCc2ccccc2)ccc1O.Cl. The fourth-order valence-corrected chi connectivity index (χ4v) is 3.20. The third kappa shape index (κ3) is 6.56. The van der Waals surface area contributed by atoms with Gasteiger partial charge in [0.15, 0.2) is 0 Å². The van der Waals surface area contributed by atoms with Gasteiger partial charge >= 0.3 is 0 Å². The molecule has 5 heteroatoms. The van der Waals surface area contributed by atoms with E-state index in [-0.39, 0.29) is 17.8 Å². The molecule has 0 saturated heterocycles. The Morgan fingerprint density at radius 1 is 1.17 bits per heavy atom. The van der Waals surface area contributed by atoms with Crippen molar-refractivity contribution in [3.05, 3.63) is 59.7 Å². The lowest BCUT2D eigenvalue weighted by atomic mass is 10.1. The van der Waals surface area contributed by atoms with Crippen LogP contribution in [-0.2, 0) is 6.42 Å². The van der Waals surface area contributed by atoms with Gasteiger partial charge < -0.3 is 10.4 Å². The molecule has 2 aromatic rings. The van der Waals surface area contributed by atoms with Crippen molar-refractivity contribution >= 4 is 35.8 Å². The zero-order valence-electron chi connectivity index (χ0n) is 14.0. The third-order valence-corrected chi connectivity index (χ3v) is 5.09. The molecule has 0 aliphatic carbocycles. The summed E-state index contributed by atoms with van der Waals surface area (Å²) in [6.45, 7) is 2.91. The van der Waals surface area contributed by atoms with E-state index >= 15 is 0 Å². The fraction of sp³-hybridized carbons (Fsp3) is 0.368. The van der Waals surface area contributed by atoms with Gasteiger partial charge in [-0.15, -0.1) is 35.8 Å². The number of thioether (sulfide) groups is 1. The molecule has 0 aliphatic heterocycles. The number of hydrogen-bond acceptors (Lipinski definition) is 3. The number of alkyl halides is 1. The maximum atomic E-state index is 9.73. The van der Waals surface area contributed by atoms with Crippen LogP contribution >= 0.6 is 35.8 Å². The van der Waals surface area contributed by atoms with Gasteiger partial charge in [-0.2, -0.15) is 0 Å². The van der Waals surface area contributed by atoms with Crippen molar-refractivity contribution in [1.82, 2.24) is 5.32 Å². The summed E-state index contributed by atoms with van der Waals surface area (Å²) < 4.78 is 0. The van der Waals surface area contributed by atoms with E-state index in [1.165, 1.54) is 17.3 Å². The summed E-state index contributed by atoms with van der Waals surface area (Å²) in [5, 5.41) is 13.1. The number of nitrogens with one attached hydrogen (secondary N) is 1. The van der Waals surface area contributed by atoms with Crippen LogP contribution in [0.3, 0.4) is 0 Å². The molecule has 2 aromatic carbocycles. The van der Waals surface area contributed by atoms with Gasteiger partial charge in [0.2, 0.25) is 0 Å². The van der Waals surface area contributed by atoms with Gasteiger partial charge in [-0.25, -0.2) is 0 Å². The first-order valence-corrected chi connectivity index (χ1v) is 9.54. The fourth-order valence-electron chi connectivity index (χ4n) is 2.44. The molecule has 0 saturated carbocycles. The highest BCUT2D eigenvalue weighted by atomic mass is 35.5. The molecule has 0 aliphatic rings. The highest BCUT2D eigenvalue weighted by Crippen LogP contribution is 2.31. The van der Waals surface area contributed by atoms with Gasteiger partial charge in [0.1, 0.15) is 5.75 Å². The Morgan fingerprint density at radius 2 is 1.88 bits per heavy atom. The summed E-state index contributed by atoms with van der Waals surface area (Å²) in [7, 11) is 0. The molecular weight excluding hydrogens is 361 g/mol. The predicted molar refractivity (Wildman–Crippen MR) is 108 cm³/mol. The topological polar surface area (TPSA) is 32.3 Å². The molecule has 0 aromatic heterocycles. The second kappa shape index (κ2) is 10.9. The van der Waals surface area contributed by atoms with Crippen molar-refractivity contribution in [3.63, 3.8) is 0 Å². The van der Waals surface area contributed by atoms with Crippen molar-refractivity contribution in [3.8, 4) is 5.75 Å². The van der Waals surface area contributed by atoms with Crippen LogP contribution < -0.4 is 5.32 Å². The van der Waals surface area contributed by atoms with Crippen molar-refractivity contribution in [1.29, 1.82) is 0 Å². The van der Waals surface area contributed by atoms with Gasteiger partial charge in [0.05, 0.1) is 5.38 Å². The van der Waals surface area contributed by atoms with Crippen LogP contribution in [0.25, 0.3) is 0 Å². The predicted octanol–water partition coefficient (Wildman–Crippen LogP) is 5.43. The maximum absolute atomic E-state index is 9.73. The quantitative estimate of drug-likeness (QED) is 0.469. The lowest BCUT2D eigenvalue weighted by molar-refractivity contribution is 0.461. The van der Waals surface area contributed by atoms with Crippen LogP contribution in [0.1, 0.15) is 29.8 Å². The Morgan fingerprint density at radius 3 is 2.54 bits per heavy atom. The van der Waals surface area contributed by atoms with Crippen LogP contribution in [0.4, 0.5) is 0 Å². The number of aryl methyl sites for hydroxylation is 1. The number of aromatic hydroxyl groups is 1.